The molecule has 1 unspecified atom stereocenters. The van der Waals surface area contributed by atoms with Crippen molar-refractivity contribution in [2.45, 2.75) is 39.2 Å². The molecule has 0 aliphatic rings. The van der Waals surface area contributed by atoms with Crippen LogP contribution in [0.4, 0.5) is 0 Å². The smallest absolute Gasteiger partial charge is 0.306 e. The zero-order valence-corrected chi connectivity index (χ0v) is 9.54. The van der Waals surface area contributed by atoms with Crippen molar-refractivity contribution in [3.8, 4) is 0 Å². The molecule has 0 amide bonds. The summed E-state index contributed by atoms with van der Waals surface area (Å²) >= 11 is 0. The number of hydrogen-bond acceptors (Lipinski definition) is 4. The Hall–Kier alpha value is -1.32. The highest BCUT2D eigenvalue weighted by atomic mass is 16.6. The van der Waals surface area contributed by atoms with E-state index in [0.717, 1.165) is 0 Å². The molecule has 1 atom stereocenters. The van der Waals surface area contributed by atoms with Crippen molar-refractivity contribution in [1.82, 2.24) is 0 Å². The van der Waals surface area contributed by atoms with Crippen molar-refractivity contribution < 1.29 is 19.1 Å². The van der Waals surface area contributed by atoms with E-state index in [4.69, 9.17) is 9.47 Å². The molecule has 4 nitrogen and oxygen atoms in total. The van der Waals surface area contributed by atoms with Crippen LogP contribution < -0.4 is 0 Å². The van der Waals surface area contributed by atoms with Crippen LogP contribution in [0.25, 0.3) is 0 Å². The molecular formula is C11H18O4. The first-order valence-corrected chi connectivity index (χ1v) is 4.98. The number of ether oxygens (including phenoxy) is 2. The van der Waals surface area contributed by atoms with Gasteiger partial charge in [0.2, 0.25) is 0 Å². The second-order valence-corrected chi connectivity index (χ2v) is 3.36. The lowest BCUT2D eigenvalue weighted by Gasteiger charge is -2.25. The minimum Gasteiger partial charge on any atom is -0.461 e. The molecule has 0 spiro atoms. The first kappa shape index (κ1) is 13.7. The Morgan fingerprint density at radius 3 is 2.20 bits per heavy atom. The first-order valence-electron chi connectivity index (χ1n) is 4.98. The molecule has 0 aliphatic heterocycles. The Labute approximate surface area is 90.2 Å². The van der Waals surface area contributed by atoms with Crippen LogP contribution in [0.1, 0.15) is 33.6 Å². The predicted molar refractivity (Wildman–Crippen MR) is 56.2 cm³/mol. The second-order valence-electron chi connectivity index (χ2n) is 3.36. The Morgan fingerprint density at radius 1 is 1.27 bits per heavy atom. The van der Waals surface area contributed by atoms with Crippen molar-refractivity contribution in [2.75, 3.05) is 6.61 Å². The van der Waals surface area contributed by atoms with Gasteiger partial charge in [-0.2, -0.15) is 0 Å². The monoisotopic (exact) mass is 214 g/mol. The third-order valence-electron chi connectivity index (χ3n) is 1.88. The van der Waals surface area contributed by atoms with Gasteiger partial charge in [0.1, 0.15) is 6.61 Å². The Bertz CT molecular complexity index is 247. The minimum atomic E-state index is -0.933. The third kappa shape index (κ3) is 5.20. The molecule has 0 saturated carbocycles. The van der Waals surface area contributed by atoms with E-state index in [1.807, 2.05) is 0 Å². The predicted octanol–water partition coefficient (Wildman–Crippen LogP) is 1.84. The van der Waals surface area contributed by atoms with Crippen molar-refractivity contribution in [3.63, 3.8) is 0 Å². The molecular weight excluding hydrogens is 196 g/mol. The van der Waals surface area contributed by atoms with E-state index in [1.54, 1.807) is 20.8 Å². The average Bonchev–Trinajstić information content (AvgIpc) is 2.25. The Balaban J connectivity index is 4.24. The second kappa shape index (κ2) is 6.22. The fourth-order valence-corrected chi connectivity index (χ4v) is 0.788. The number of esters is 2. The third-order valence-corrected chi connectivity index (χ3v) is 1.88. The molecule has 15 heavy (non-hydrogen) atoms. The summed E-state index contributed by atoms with van der Waals surface area (Å²) in [5, 5.41) is 0. The summed E-state index contributed by atoms with van der Waals surface area (Å²) in [5.41, 5.74) is -0.933. The van der Waals surface area contributed by atoms with Crippen LogP contribution in [0.15, 0.2) is 12.7 Å². The molecule has 0 radical (unpaired) electrons. The SMILES string of the molecule is C=CC(C)(COC(=O)CC)OC(=O)CC. The summed E-state index contributed by atoms with van der Waals surface area (Å²) in [4.78, 5) is 22.0. The highest BCUT2D eigenvalue weighted by molar-refractivity contribution is 5.70. The number of rotatable bonds is 6. The first-order chi connectivity index (χ1) is 6.97. The quantitative estimate of drug-likeness (QED) is 0.500. The normalized spacial score (nSPS) is 13.8. The van der Waals surface area contributed by atoms with E-state index in [0.29, 0.717) is 6.42 Å². The van der Waals surface area contributed by atoms with Crippen molar-refractivity contribution in [1.29, 1.82) is 0 Å². The van der Waals surface area contributed by atoms with E-state index >= 15 is 0 Å². The molecule has 0 heterocycles. The molecule has 0 N–H and O–H groups in total. The van der Waals surface area contributed by atoms with Gasteiger partial charge in [-0.1, -0.05) is 20.4 Å². The fourth-order valence-electron chi connectivity index (χ4n) is 0.788. The molecule has 0 fully saturated rings. The maximum absolute atomic E-state index is 11.1. The standard InChI is InChI=1S/C11H18O4/c1-5-9(12)14-8-11(4,7-3)15-10(13)6-2/h7H,3,5-6,8H2,1-2,4H3. The van der Waals surface area contributed by atoms with E-state index < -0.39 is 5.60 Å². The molecule has 0 aromatic heterocycles. The van der Waals surface area contributed by atoms with Crippen molar-refractivity contribution in [2.24, 2.45) is 0 Å². The number of carbonyl (C=O) groups is 2. The molecule has 0 saturated heterocycles. The molecule has 4 heteroatoms. The fraction of sp³-hybridized carbons (Fsp3) is 0.636. The molecule has 86 valence electrons. The Kier molecular flexibility index (Phi) is 5.67. The highest BCUT2D eigenvalue weighted by Gasteiger charge is 2.26. The summed E-state index contributed by atoms with van der Waals surface area (Å²) in [5.74, 6) is -0.666. The summed E-state index contributed by atoms with van der Waals surface area (Å²) in [7, 11) is 0. The van der Waals surface area contributed by atoms with Gasteiger partial charge in [-0.3, -0.25) is 9.59 Å². The summed E-state index contributed by atoms with van der Waals surface area (Å²) in [6, 6.07) is 0. The van der Waals surface area contributed by atoms with Crippen molar-refractivity contribution >= 4 is 11.9 Å². The topological polar surface area (TPSA) is 52.6 Å². The lowest BCUT2D eigenvalue weighted by atomic mass is 10.1. The lowest BCUT2D eigenvalue weighted by Crippen LogP contribution is -2.35. The summed E-state index contributed by atoms with van der Waals surface area (Å²) in [6.45, 7) is 8.61. The molecule has 0 rings (SSSR count). The molecule has 0 aromatic carbocycles. The molecule has 0 aliphatic carbocycles. The van der Waals surface area contributed by atoms with Crippen LogP contribution in [0, 0.1) is 0 Å². The minimum absolute atomic E-state index is 0.00884. The number of carbonyl (C=O) groups excluding carboxylic acids is 2. The van der Waals surface area contributed by atoms with Gasteiger partial charge in [-0.15, -0.1) is 0 Å². The maximum Gasteiger partial charge on any atom is 0.306 e. The van der Waals surface area contributed by atoms with Crippen molar-refractivity contribution in [3.05, 3.63) is 12.7 Å². The van der Waals surface area contributed by atoms with Crippen LogP contribution >= 0.6 is 0 Å². The van der Waals surface area contributed by atoms with Crippen LogP contribution in [-0.4, -0.2) is 24.1 Å². The van der Waals surface area contributed by atoms with Crippen LogP contribution in [-0.2, 0) is 19.1 Å². The van der Waals surface area contributed by atoms with Gasteiger partial charge in [0.25, 0.3) is 0 Å². The van der Waals surface area contributed by atoms with Crippen LogP contribution in [0.3, 0.4) is 0 Å². The van der Waals surface area contributed by atoms with E-state index in [1.165, 1.54) is 6.08 Å². The van der Waals surface area contributed by atoms with Gasteiger partial charge < -0.3 is 9.47 Å². The van der Waals surface area contributed by atoms with Gasteiger partial charge in [0.15, 0.2) is 5.60 Å². The van der Waals surface area contributed by atoms with Gasteiger partial charge in [0, 0.05) is 12.8 Å². The molecule has 0 bridgehead atoms. The largest absolute Gasteiger partial charge is 0.461 e. The zero-order valence-electron chi connectivity index (χ0n) is 9.54. The van der Waals surface area contributed by atoms with Gasteiger partial charge >= 0.3 is 11.9 Å². The average molecular weight is 214 g/mol. The molecule has 0 aromatic rings. The lowest BCUT2D eigenvalue weighted by molar-refractivity contribution is -0.164. The van der Waals surface area contributed by atoms with Crippen LogP contribution in [0.5, 0.6) is 0 Å². The van der Waals surface area contributed by atoms with E-state index in [9.17, 15) is 9.59 Å². The van der Waals surface area contributed by atoms with Gasteiger partial charge in [0.05, 0.1) is 0 Å². The summed E-state index contributed by atoms with van der Waals surface area (Å²) in [6.07, 6.45) is 2.05. The zero-order chi connectivity index (χ0) is 11.9. The summed E-state index contributed by atoms with van der Waals surface area (Å²) < 4.78 is 10.0. The number of hydrogen-bond donors (Lipinski definition) is 0. The highest BCUT2D eigenvalue weighted by Crippen LogP contribution is 2.13. The Morgan fingerprint density at radius 2 is 1.80 bits per heavy atom. The van der Waals surface area contributed by atoms with E-state index in [-0.39, 0.29) is 25.0 Å². The maximum atomic E-state index is 11.1. The van der Waals surface area contributed by atoms with E-state index in [2.05, 4.69) is 6.58 Å². The van der Waals surface area contributed by atoms with Gasteiger partial charge in [-0.25, -0.2) is 0 Å². The van der Waals surface area contributed by atoms with Crippen LogP contribution in [0.2, 0.25) is 0 Å². The van der Waals surface area contributed by atoms with Gasteiger partial charge in [-0.05, 0) is 13.0 Å².